The molecule has 1 aromatic heterocycles. The molecule has 6 heteroatoms. The lowest BCUT2D eigenvalue weighted by Gasteiger charge is -2.25. The molecule has 1 unspecified atom stereocenters. The van der Waals surface area contributed by atoms with Crippen LogP contribution in [0.2, 0.25) is 0 Å². The van der Waals surface area contributed by atoms with Crippen LogP contribution in [0.25, 0.3) is 0 Å². The van der Waals surface area contributed by atoms with Gasteiger partial charge < -0.3 is 14.6 Å². The lowest BCUT2D eigenvalue weighted by molar-refractivity contribution is -0.130. The summed E-state index contributed by atoms with van der Waals surface area (Å²) in [6, 6.07) is 0. The Hall–Kier alpha value is -1.01. The molecule has 1 amide bonds. The van der Waals surface area contributed by atoms with E-state index in [-0.39, 0.29) is 23.7 Å². The number of likely N-dealkylation sites (tertiary alicyclic amines) is 1. The van der Waals surface area contributed by atoms with E-state index in [0.717, 1.165) is 36.8 Å². The Kier molecular flexibility index (Phi) is 5.10. The Morgan fingerprint density at radius 2 is 2.10 bits per heavy atom. The third-order valence-electron chi connectivity index (χ3n) is 3.70. The van der Waals surface area contributed by atoms with Gasteiger partial charge in [-0.1, -0.05) is 25.6 Å². The molecule has 0 spiro atoms. The summed E-state index contributed by atoms with van der Waals surface area (Å²) in [7, 11) is 1.87. The summed E-state index contributed by atoms with van der Waals surface area (Å²) < 4.78 is 1.86. The number of thioether (sulfide) groups is 1. The van der Waals surface area contributed by atoms with Crippen LogP contribution in [0.4, 0.5) is 0 Å². The number of carbonyl (C=O) groups excluding carboxylic acids is 1. The number of amides is 1. The van der Waals surface area contributed by atoms with Crippen LogP contribution in [0.15, 0.2) is 11.4 Å². The van der Waals surface area contributed by atoms with Crippen LogP contribution in [-0.2, 0) is 18.4 Å². The molecule has 2 rings (SSSR count). The van der Waals surface area contributed by atoms with Gasteiger partial charge in [0, 0.05) is 20.1 Å². The first-order valence-electron chi connectivity index (χ1n) is 7.11. The summed E-state index contributed by atoms with van der Waals surface area (Å²) in [5.41, 5.74) is 0.767. The first-order valence-corrected chi connectivity index (χ1v) is 7.99. The Balaban J connectivity index is 2.12. The molecule has 0 aromatic carbocycles. The van der Waals surface area contributed by atoms with E-state index in [1.165, 1.54) is 11.8 Å². The van der Waals surface area contributed by atoms with Crippen LogP contribution in [0.5, 0.6) is 0 Å². The highest BCUT2D eigenvalue weighted by Gasteiger charge is 2.30. The quantitative estimate of drug-likeness (QED) is 0.840. The smallest absolute Gasteiger partial charge is 0.236 e. The van der Waals surface area contributed by atoms with Crippen molar-refractivity contribution in [1.29, 1.82) is 0 Å². The highest BCUT2D eigenvalue weighted by Crippen LogP contribution is 2.30. The largest absolute Gasteiger partial charge is 0.390 e. The third-order valence-corrected chi connectivity index (χ3v) is 5.29. The van der Waals surface area contributed by atoms with Crippen molar-refractivity contribution in [3.05, 3.63) is 11.9 Å². The summed E-state index contributed by atoms with van der Waals surface area (Å²) in [5.74, 6) is 0.471. The summed E-state index contributed by atoms with van der Waals surface area (Å²) in [4.78, 5) is 18.9. The van der Waals surface area contributed by atoms with Gasteiger partial charge in [-0.15, -0.1) is 0 Å². The monoisotopic (exact) mass is 297 g/mol. The molecule has 1 aliphatic heterocycles. The van der Waals surface area contributed by atoms with Crippen molar-refractivity contribution in [3.8, 4) is 0 Å². The second-order valence-corrected chi connectivity index (χ2v) is 6.67. The number of hydrogen-bond donors (Lipinski definition) is 1. The van der Waals surface area contributed by atoms with E-state index in [1.54, 1.807) is 6.20 Å². The lowest BCUT2D eigenvalue weighted by atomic mass is 10.1. The molecule has 1 N–H and O–H groups in total. The van der Waals surface area contributed by atoms with Gasteiger partial charge in [0.1, 0.15) is 0 Å². The Bertz CT molecular complexity index is 467. The second kappa shape index (κ2) is 6.63. The number of aromatic nitrogens is 2. The van der Waals surface area contributed by atoms with E-state index in [9.17, 15) is 9.90 Å². The molecule has 1 aromatic rings. The van der Waals surface area contributed by atoms with E-state index in [1.807, 2.05) is 16.5 Å². The van der Waals surface area contributed by atoms with Gasteiger partial charge in [-0.05, 0) is 18.8 Å². The van der Waals surface area contributed by atoms with Crippen molar-refractivity contribution < 1.29 is 9.90 Å². The van der Waals surface area contributed by atoms with Crippen LogP contribution >= 0.6 is 11.8 Å². The predicted molar refractivity (Wildman–Crippen MR) is 79.4 cm³/mol. The van der Waals surface area contributed by atoms with E-state index >= 15 is 0 Å². The zero-order valence-electron chi connectivity index (χ0n) is 12.4. The van der Waals surface area contributed by atoms with Gasteiger partial charge >= 0.3 is 0 Å². The Labute approximate surface area is 124 Å². The molecular formula is C14H23N3O2S. The number of aliphatic hydroxyl groups excluding tert-OH is 1. The van der Waals surface area contributed by atoms with E-state index in [0.29, 0.717) is 0 Å². The van der Waals surface area contributed by atoms with Crippen molar-refractivity contribution in [2.75, 3.05) is 13.1 Å². The van der Waals surface area contributed by atoms with Crippen molar-refractivity contribution in [3.63, 3.8) is 0 Å². The van der Waals surface area contributed by atoms with Gasteiger partial charge in [0.2, 0.25) is 5.91 Å². The van der Waals surface area contributed by atoms with Gasteiger partial charge in [-0.3, -0.25) is 4.79 Å². The maximum atomic E-state index is 12.6. The molecule has 1 aliphatic rings. The topological polar surface area (TPSA) is 58.4 Å². The van der Waals surface area contributed by atoms with Gasteiger partial charge in [0.25, 0.3) is 0 Å². The molecule has 1 fully saturated rings. The van der Waals surface area contributed by atoms with Crippen LogP contribution in [-0.4, -0.2) is 43.8 Å². The number of carbonyl (C=O) groups is 1. The fourth-order valence-electron chi connectivity index (χ4n) is 2.38. The lowest BCUT2D eigenvalue weighted by Crippen LogP contribution is -2.38. The molecule has 0 bridgehead atoms. The number of aliphatic hydroxyl groups is 1. The Morgan fingerprint density at radius 1 is 1.45 bits per heavy atom. The molecule has 1 saturated heterocycles. The van der Waals surface area contributed by atoms with Crippen molar-refractivity contribution >= 4 is 17.7 Å². The first kappa shape index (κ1) is 15.4. The molecule has 0 aliphatic carbocycles. The van der Waals surface area contributed by atoms with Crippen molar-refractivity contribution in [1.82, 2.24) is 14.5 Å². The maximum absolute atomic E-state index is 12.6. The average molecular weight is 297 g/mol. The average Bonchev–Trinajstić information content (AvgIpc) is 3.05. The molecule has 5 nitrogen and oxygen atoms in total. The van der Waals surface area contributed by atoms with Crippen molar-refractivity contribution in [2.45, 2.75) is 43.7 Å². The highest BCUT2D eigenvalue weighted by atomic mass is 32.2. The fourth-order valence-corrected chi connectivity index (χ4v) is 3.52. The van der Waals surface area contributed by atoms with Crippen LogP contribution in [0.3, 0.4) is 0 Å². The van der Waals surface area contributed by atoms with Gasteiger partial charge in [0.15, 0.2) is 5.16 Å². The van der Waals surface area contributed by atoms with E-state index in [4.69, 9.17) is 0 Å². The minimum Gasteiger partial charge on any atom is -0.390 e. The molecule has 1 atom stereocenters. The SMILES string of the molecule is CC(C)C(Sc1ncc(CO)n1C)C(=O)N1CCCC1. The molecule has 2 heterocycles. The minimum absolute atomic E-state index is 0.0313. The molecule has 0 saturated carbocycles. The van der Waals surface area contributed by atoms with Gasteiger partial charge in [-0.25, -0.2) is 4.98 Å². The summed E-state index contributed by atoms with van der Waals surface area (Å²) in [5, 5.41) is 9.89. The van der Waals surface area contributed by atoms with Crippen LogP contribution in [0, 0.1) is 5.92 Å². The first-order chi connectivity index (χ1) is 9.54. The van der Waals surface area contributed by atoms with Crippen molar-refractivity contribution in [2.24, 2.45) is 13.0 Å². The zero-order chi connectivity index (χ0) is 14.7. The zero-order valence-corrected chi connectivity index (χ0v) is 13.2. The van der Waals surface area contributed by atoms with E-state index in [2.05, 4.69) is 18.8 Å². The number of rotatable bonds is 5. The standard InChI is InChI=1S/C14H23N3O2S/c1-10(2)12(13(19)17-6-4-5-7-17)20-14-15-8-11(9-18)16(14)3/h8,10,12,18H,4-7,9H2,1-3H3. The van der Waals surface area contributed by atoms with Gasteiger partial charge in [0.05, 0.1) is 23.7 Å². The number of imidazole rings is 1. The predicted octanol–water partition coefficient (Wildman–Crippen LogP) is 1.65. The van der Waals surface area contributed by atoms with Gasteiger partial charge in [-0.2, -0.15) is 0 Å². The van der Waals surface area contributed by atoms with Crippen LogP contribution in [0.1, 0.15) is 32.4 Å². The minimum atomic E-state index is -0.110. The fraction of sp³-hybridized carbons (Fsp3) is 0.714. The van der Waals surface area contributed by atoms with Crippen LogP contribution < -0.4 is 0 Å². The third kappa shape index (κ3) is 3.17. The second-order valence-electron chi connectivity index (χ2n) is 5.56. The van der Waals surface area contributed by atoms with E-state index < -0.39 is 0 Å². The highest BCUT2D eigenvalue weighted by molar-refractivity contribution is 8.00. The summed E-state index contributed by atoms with van der Waals surface area (Å²) in [6.07, 6.45) is 3.89. The molecular weight excluding hydrogens is 274 g/mol. The maximum Gasteiger partial charge on any atom is 0.236 e. The molecule has 112 valence electrons. The normalized spacial score (nSPS) is 16.9. The number of hydrogen-bond acceptors (Lipinski definition) is 4. The summed E-state index contributed by atoms with van der Waals surface area (Å²) >= 11 is 1.50. The molecule has 20 heavy (non-hydrogen) atoms. The number of nitrogens with zero attached hydrogens (tertiary/aromatic N) is 3. The Morgan fingerprint density at radius 3 is 2.60 bits per heavy atom. The summed E-state index contributed by atoms with van der Waals surface area (Å²) in [6.45, 7) is 5.87. The molecule has 0 radical (unpaired) electrons.